The fraction of sp³-hybridized carbons (Fsp3) is 0.333. The standard InChI is InChI=1S/C30H34N4O4S2/c1-6-34-24(17-38-22-15-13-21(14-16-22)30(3,4)5)32-33-29(34)40-19-25(35)31-27-26(28(36)37-7-2)23(18-39-27)20-11-9-8-10-12-20/h8-16,18H,6-7,17,19H2,1-5H3,(H,31,35). The van der Waals surface area contributed by atoms with Crippen molar-refractivity contribution in [1.29, 1.82) is 0 Å². The molecule has 0 bridgehead atoms. The lowest BCUT2D eigenvalue weighted by Crippen LogP contribution is -2.17. The fourth-order valence-electron chi connectivity index (χ4n) is 4.03. The molecule has 1 N–H and O–H groups in total. The summed E-state index contributed by atoms with van der Waals surface area (Å²) in [6.45, 7) is 11.4. The number of rotatable bonds is 11. The minimum Gasteiger partial charge on any atom is -0.486 e. The van der Waals surface area contributed by atoms with Crippen LogP contribution < -0.4 is 10.1 Å². The number of thioether (sulfide) groups is 1. The molecule has 0 spiro atoms. The first kappa shape index (κ1) is 29.4. The van der Waals surface area contributed by atoms with E-state index in [9.17, 15) is 9.59 Å². The summed E-state index contributed by atoms with van der Waals surface area (Å²) in [5, 5.41) is 14.4. The van der Waals surface area contributed by atoms with Gasteiger partial charge in [-0.1, -0.05) is 75.0 Å². The lowest BCUT2D eigenvalue weighted by atomic mass is 9.87. The first-order valence-corrected chi connectivity index (χ1v) is 15.0. The molecular formula is C30H34N4O4S2. The maximum atomic E-state index is 12.9. The summed E-state index contributed by atoms with van der Waals surface area (Å²) in [6, 6.07) is 17.6. The number of benzene rings is 2. The van der Waals surface area contributed by atoms with Crippen LogP contribution in [-0.4, -0.2) is 39.0 Å². The molecule has 0 aliphatic carbocycles. The largest absolute Gasteiger partial charge is 0.486 e. The summed E-state index contributed by atoms with van der Waals surface area (Å²) in [6.07, 6.45) is 0. The van der Waals surface area contributed by atoms with E-state index in [0.717, 1.165) is 16.9 Å². The Morgan fingerprint density at radius 2 is 1.75 bits per heavy atom. The van der Waals surface area contributed by atoms with Gasteiger partial charge in [-0.25, -0.2) is 4.79 Å². The number of amides is 1. The van der Waals surface area contributed by atoms with E-state index in [0.29, 0.717) is 28.1 Å². The molecule has 210 valence electrons. The van der Waals surface area contributed by atoms with E-state index in [4.69, 9.17) is 9.47 Å². The Morgan fingerprint density at radius 3 is 2.40 bits per heavy atom. The number of carbonyl (C=O) groups excluding carboxylic acids is 2. The quantitative estimate of drug-likeness (QED) is 0.154. The first-order valence-electron chi connectivity index (χ1n) is 13.1. The van der Waals surface area contributed by atoms with Crippen molar-refractivity contribution >= 4 is 40.0 Å². The van der Waals surface area contributed by atoms with E-state index in [2.05, 4.69) is 48.4 Å². The molecule has 2 aromatic heterocycles. The summed E-state index contributed by atoms with van der Waals surface area (Å²) in [5.74, 6) is 0.832. The number of hydrogen-bond acceptors (Lipinski definition) is 8. The van der Waals surface area contributed by atoms with Gasteiger partial charge in [0.15, 0.2) is 11.0 Å². The van der Waals surface area contributed by atoms with Gasteiger partial charge in [-0.3, -0.25) is 4.79 Å². The van der Waals surface area contributed by atoms with Gasteiger partial charge in [0.25, 0.3) is 0 Å². The van der Waals surface area contributed by atoms with Gasteiger partial charge < -0.3 is 19.4 Å². The number of nitrogens with one attached hydrogen (secondary N) is 1. The summed E-state index contributed by atoms with van der Waals surface area (Å²) in [5.41, 5.74) is 3.29. The molecule has 0 atom stereocenters. The zero-order valence-corrected chi connectivity index (χ0v) is 25.0. The lowest BCUT2D eigenvalue weighted by molar-refractivity contribution is -0.113. The Hall–Kier alpha value is -3.63. The molecule has 8 nitrogen and oxygen atoms in total. The molecule has 4 aromatic rings. The molecule has 2 aromatic carbocycles. The van der Waals surface area contributed by atoms with Crippen LogP contribution in [0, 0.1) is 0 Å². The maximum Gasteiger partial charge on any atom is 0.341 e. The number of carbonyl (C=O) groups is 2. The van der Waals surface area contributed by atoms with Gasteiger partial charge in [0.05, 0.1) is 12.4 Å². The van der Waals surface area contributed by atoms with E-state index in [1.807, 2.05) is 59.3 Å². The number of aromatic nitrogens is 3. The molecule has 0 aliphatic heterocycles. The third kappa shape index (κ3) is 7.11. The highest BCUT2D eigenvalue weighted by molar-refractivity contribution is 7.99. The highest BCUT2D eigenvalue weighted by atomic mass is 32.2. The van der Waals surface area contributed by atoms with Gasteiger partial charge in [0, 0.05) is 17.5 Å². The van der Waals surface area contributed by atoms with Gasteiger partial charge in [-0.05, 0) is 42.5 Å². The van der Waals surface area contributed by atoms with E-state index < -0.39 is 5.97 Å². The molecular weight excluding hydrogens is 544 g/mol. The first-order chi connectivity index (χ1) is 19.2. The normalized spacial score (nSPS) is 11.3. The van der Waals surface area contributed by atoms with Gasteiger partial charge in [0.1, 0.15) is 22.9 Å². The minimum atomic E-state index is -0.464. The van der Waals surface area contributed by atoms with Crippen LogP contribution in [0.2, 0.25) is 0 Å². The van der Waals surface area contributed by atoms with E-state index in [1.54, 1.807) is 6.92 Å². The van der Waals surface area contributed by atoms with Crippen LogP contribution in [0.15, 0.2) is 65.1 Å². The number of esters is 1. The number of nitrogens with zero attached hydrogens (tertiary/aromatic N) is 3. The van der Waals surface area contributed by atoms with Crippen LogP contribution in [0.5, 0.6) is 5.75 Å². The second-order valence-electron chi connectivity index (χ2n) is 9.98. The molecule has 10 heteroatoms. The van der Waals surface area contributed by atoms with Crippen molar-refractivity contribution in [2.75, 3.05) is 17.7 Å². The van der Waals surface area contributed by atoms with Crippen LogP contribution in [0.1, 0.15) is 56.4 Å². The molecule has 0 saturated heterocycles. The van der Waals surface area contributed by atoms with Gasteiger partial charge in [-0.2, -0.15) is 0 Å². The summed E-state index contributed by atoms with van der Waals surface area (Å²) in [7, 11) is 0. The van der Waals surface area contributed by atoms with Crippen molar-refractivity contribution in [2.45, 2.75) is 58.3 Å². The average Bonchev–Trinajstić information content (AvgIpc) is 3.54. The third-order valence-corrected chi connectivity index (χ3v) is 8.00. The third-order valence-electron chi connectivity index (χ3n) is 6.14. The number of anilines is 1. The Kier molecular flexibility index (Phi) is 9.65. The molecule has 0 radical (unpaired) electrons. The summed E-state index contributed by atoms with van der Waals surface area (Å²) in [4.78, 5) is 25.7. The van der Waals surface area contributed by atoms with Crippen molar-refractivity contribution in [1.82, 2.24) is 14.8 Å². The van der Waals surface area contributed by atoms with Crippen LogP contribution in [0.4, 0.5) is 5.00 Å². The van der Waals surface area contributed by atoms with Crippen LogP contribution in [-0.2, 0) is 28.1 Å². The summed E-state index contributed by atoms with van der Waals surface area (Å²) < 4.78 is 13.2. The fourth-order valence-corrected chi connectivity index (χ4v) is 5.82. The lowest BCUT2D eigenvalue weighted by Gasteiger charge is -2.19. The SMILES string of the molecule is CCOC(=O)c1c(-c2ccccc2)csc1NC(=O)CSc1nnc(COc2ccc(C(C)(C)C)cc2)n1CC. The molecule has 4 rings (SSSR count). The van der Waals surface area contributed by atoms with E-state index in [1.165, 1.54) is 28.7 Å². The predicted molar refractivity (Wildman–Crippen MR) is 160 cm³/mol. The molecule has 0 fully saturated rings. The molecule has 0 saturated carbocycles. The number of hydrogen-bond donors (Lipinski definition) is 1. The molecule has 40 heavy (non-hydrogen) atoms. The Bertz CT molecular complexity index is 1440. The maximum absolute atomic E-state index is 12.9. The number of thiophene rings is 1. The van der Waals surface area contributed by atoms with Crippen LogP contribution in [0.3, 0.4) is 0 Å². The van der Waals surface area contributed by atoms with Gasteiger partial charge >= 0.3 is 5.97 Å². The smallest absolute Gasteiger partial charge is 0.341 e. The topological polar surface area (TPSA) is 95.3 Å². The zero-order chi connectivity index (χ0) is 28.7. The van der Waals surface area contributed by atoms with Crippen molar-refractivity contribution in [3.05, 3.63) is 76.9 Å². The van der Waals surface area contributed by atoms with Crippen molar-refractivity contribution < 1.29 is 19.1 Å². The molecule has 0 aliphatic rings. The highest BCUT2D eigenvalue weighted by Gasteiger charge is 2.23. The Balaban J connectivity index is 1.40. The van der Waals surface area contributed by atoms with Gasteiger partial charge in [0.2, 0.25) is 5.91 Å². The average molecular weight is 579 g/mol. The Labute approximate surface area is 243 Å². The van der Waals surface area contributed by atoms with Crippen LogP contribution >= 0.6 is 23.1 Å². The second kappa shape index (κ2) is 13.1. The molecule has 2 heterocycles. The zero-order valence-electron chi connectivity index (χ0n) is 23.4. The van der Waals surface area contributed by atoms with Crippen molar-refractivity contribution in [2.24, 2.45) is 0 Å². The predicted octanol–water partition coefficient (Wildman–Crippen LogP) is 6.81. The molecule has 0 unspecified atom stereocenters. The van der Waals surface area contributed by atoms with E-state index in [-0.39, 0.29) is 30.3 Å². The second-order valence-corrected chi connectivity index (χ2v) is 11.8. The minimum absolute atomic E-state index is 0.0768. The van der Waals surface area contributed by atoms with Crippen molar-refractivity contribution in [3.63, 3.8) is 0 Å². The molecule has 1 amide bonds. The van der Waals surface area contributed by atoms with E-state index >= 15 is 0 Å². The monoisotopic (exact) mass is 578 g/mol. The highest BCUT2D eigenvalue weighted by Crippen LogP contribution is 2.36. The summed E-state index contributed by atoms with van der Waals surface area (Å²) >= 11 is 2.59. The number of ether oxygens (including phenoxy) is 2. The Morgan fingerprint density at radius 1 is 1.02 bits per heavy atom. The van der Waals surface area contributed by atoms with Crippen LogP contribution in [0.25, 0.3) is 11.1 Å². The van der Waals surface area contributed by atoms with Gasteiger partial charge in [-0.15, -0.1) is 21.5 Å². The van der Waals surface area contributed by atoms with Crippen molar-refractivity contribution in [3.8, 4) is 16.9 Å².